The van der Waals surface area contributed by atoms with Crippen LogP contribution in [0.1, 0.15) is 40.5 Å². The topological polar surface area (TPSA) is 9.23 Å². The molecule has 2 aliphatic carbocycles. The van der Waals surface area contributed by atoms with Crippen LogP contribution < -0.4 is 0 Å². The molecule has 2 aliphatic rings. The van der Waals surface area contributed by atoms with E-state index >= 15 is 0 Å². The molecule has 1 fully saturated rings. The van der Waals surface area contributed by atoms with E-state index in [1.54, 1.807) is 0 Å². The Kier molecular flexibility index (Phi) is 5.37. The van der Waals surface area contributed by atoms with E-state index in [2.05, 4.69) is 39.8 Å². The van der Waals surface area contributed by atoms with Crippen molar-refractivity contribution in [2.24, 2.45) is 29.6 Å². The highest BCUT2D eigenvalue weighted by Crippen LogP contribution is 2.43. The summed E-state index contributed by atoms with van der Waals surface area (Å²) in [7, 11) is 0. The van der Waals surface area contributed by atoms with Gasteiger partial charge in [0.25, 0.3) is 0 Å². The summed E-state index contributed by atoms with van der Waals surface area (Å²) in [5.74, 6) is 4.19. The Labute approximate surface area is 118 Å². The van der Waals surface area contributed by atoms with Gasteiger partial charge in [0.15, 0.2) is 0 Å². The zero-order valence-electron chi connectivity index (χ0n) is 12.6. The first kappa shape index (κ1) is 14.6. The third-order valence-corrected chi connectivity index (χ3v) is 8.03. The summed E-state index contributed by atoms with van der Waals surface area (Å²) >= 11 is -0.953. The van der Waals surface area contributed by atoms with Crippen molar-refractivity contribution >= 4 is 14.5 Å². The van der Waals surface area contributed by atoms with Crippen LogP contribution in [0.5, 0.6) is 0 Å². The summed E-state index contributed by atoms with van der Waals surface area (Å²) in [6, 6.07) is 0. The molecule has 0 amide bonds. The van der Waals surface area contributed by atoms with E-state index in [1.807, 2.05) is 0 Å². The lowest BCUT2D eigenvalue weighted by Crippen LogP contribution is -2.26. The third-order valence-electron chi connectivity index (χ3n) is 4.43. The first-order valence-corrected chi connectivity index (χ1v) is 9.95. The lowest BCUT2D eigenvalue weighted by molar-refractivity contribution is 0.223. The van der Waals surface area contributed by atoms with Gasteiger partial charge in [0.2, 0.25) is 0 Å². The zero-order valence-corrected chi connectivity index (χ0v) is 13.7. The summed E-state index contributed by atoms with van der Waals surface area (Å²) in [5, 5.41) is 2.71. The molecule has 102 valence electrons. The second-order valence-electron chi connectivity index (χ2n) is 7.25. The smallest absolute Gasteiger partial charge is 0.461 e. The van der Waals surface area contributed by atoms with E-state index in [-0.39, 0.29) is 0 Å². The molecule has 0 aliphatic heterocycles. The van der Waals surface area contributed by atoms with Gasteiger partial charge in [-0.05, 0) is 30.6 Å². The highest BCUT2D eigenvalue weighted by Gasteiger charge is 2.36. The van der Waals surface area contributed by atoms with Gasteiger partial charge in [0.05, 0.1) is 0 Å². The van der Waals surface area contributed by atoms with Crippen molar-refractivity contribution in [3.8, 4) is 0 Å². The number of allylic oxidation sites excluding steroid dienone is 2. The van der Waals surface area contributed by atoms with Crippen molar-refractivity contribution in [2.45, 2.75) is 51.1 Å². The predicted octanol–water partition coefficient (Wildman–Crippen LogP) is 4.52. The number of fused-ring (bicyclic) bond motifs is 2. The molecule has 0 aromatic rings. The normalized spacial score (nSPS) is 29.8. The summed E-state index contributed by atoms with van der Waals surface area (Å²) in [6.45, 7) is 10.4. The first-order valence-electron chi connectivity index (χ1n) is 7.84. The molecule has 0 aromatic heterocycles. The minimum atomic E-state index is -0.953. The van der Waals surface area contributed by atoms with E-state index in [0.29, 0.717) is 0 Å². The van der Waals surface area contributed by atoms with Crippen LogP contribution in [0.2, 0.25) is 10.6 Å². The molecular weight excluding hydrogens is 235 g/mol. The maximum Gasteiger partial charge on any atom is 0.461 e. The molecule has 1 nitrogen and oxygen atoms in total. The Morgan fingerprint density at radius 1 is 1.06 bits per heavy atom. The molecule has 0 N–H and O–H groups in total. The second kappa shape index (κ2) is 6.60. The maximum absolute atomic E-state index is 6.41. The van der Waals surface area contributed by atoms with Gasteiger partial charge in [-0.15, -0.1) is 0 Å². The molecule has 1 saturated carbocycles. The standard InChI is InChI=1S/C8H11O.2C4H9.Al/c9-5-8-4-6-1-2-7(8)3-6;2*1-4(2)3;/h1-2,6-8H,3-5H2;2*4H,1H2,2-3H3;/q-1;;;+1. The fourth-order valence-electron chi connectivity index (χ4n) is 3.63. The van der Waals surface area contributed by atoms with Crippen molar-refractivity contribution in [1.29, 1.82) is 0 Å². The molecule has 3 unspecified atom stereocenters. The van der Waals surface area contributed by atoms with Crippen LogP contribution in [0.25, 0.3) is 0 Å². The Morgan fingerprint density at radius 3 is 2.17 bits per heavy atom. The van der Waals surface area contributed by atoms with Gasteiger partial charge in [-0.2, -0.15) is 0 Å². The molecule has 0 aromatic carbocycles. The Hall–Kier alpha value is 0.232. The largest absolute Gasteiger partial charge is 0.500 e. The van der Waals surface area contributed by atoms with Crippen molar-refractivity contribution in [2.75, 3.05) is 6.61 Å². The van der Waals surface area contributed by atoms with Crippen LogP contribution in [-0.2, 0) is 3.79 Å². The van der Waals surface area contributed by atoms with Crippen LogP contribution in [0, 0.1) is 29.6 Å². The van der Waals surface area contributed by atoms with E-state index in [0.717, 1.165) is 36.2 Å². The van der Waals surface area contributed by atoms with Gasteiger partial charge in [-0.25, -0.2) is 0 Å². The Bertz CT molecular complexity index is 275. The van der Waals surface area contributed by atoms with Gasteiger partial charge < -0.3 is 3.79 Å². The first-order chi connectivity index (χ1) is 8.54. The van der Waals surface area contributed by atoms with Crippen LogP contribution in [0.15, 0.2) is 12.2 Å². The maximum atomic E-state index is 6.41. The molecule has 2 heteroatoms. The van der Waals surface area contributed by atoms with E-state index in [4.69, 9.17) is 3.79 Å². The van der Waals surface area contributed by atoms with Gasteiger partial charge in [-0.3, -0.25) is 0 Å². The van der Waals surface area contributed by atoms with Crippen molar-refractivity contribution in [1.82, 2.24) is 0 Å². The van der Waals surface area contributed by atoms with Gasteiger partial charge >= 0.3 is 14.5 Å². The summed E-state index contributed by atoms with van der Waals surface area (Å²) in [5.41, 5.74) is 0. The fraction of sp³-hybridized carbons (Fsp3) is 0.875. The molecule has 3 atom stereocenters. The zero-order chi connectivity index (χ0) is 13.1. The molecular formula is C16H29AlO. The van der Waals surface area contributed by atoms with E-state index in [9.17, 15) is 0 Å². The van der Waals surface area contributed by atoms with Gasteiger partial charge in [-0.1, -0.05) is 62.2 Å². The van der Waals surface area contributed by atoms with E-state index in [1.165, 1.54) is 23.4 Å². The monoisotopic (exact) mass is 264 g/mol. The molecule has 0 radical (unpaired) electrons. The lowest BCUT2D eigenvalue weighted by Gasteiger charge is -2.23. The molecule has 0 heterocycles. The highest BCUT2D eigenvalue weighted by atomic mass is 27.2. The van der Waals surface area contributed by atoms with Crippen LogP contribution in [-0.4, -0.2) is 21.1 Å². The minimum absolute atomic E-state index is 0.806. The fourth-order valence-corrected chi connectivity index (χ4v) is 6.72. The molecule has 18 heavy (non-hydrogen) atoms. The number of hydrogen-bond donors (Lipinski definition) is 0. The van der Waals surface area contributed by atoms with E-state index < -0.39 is 14.5 Å². The van der Waals surface area contributed by atoms with Crippen LogP contribution in [0.3, 0.4) is 0 Å². The van der Waals surface area contributed by atoms with Crippen molar-refractivity contribution in [3.63, 3.8) is 0 Å². The van der Waals surface area contributed by atoms with Gasteiger partial charge in [0, 0.05) is 6.61 Å². The Balaban J connectivity index is 1.76. The number of rotatable bonds is 7. The average Bonchev–Trinajstić information content (AvgIpc) is 2.85. The highest BCUT2D eigenvalue weighted by molar-refractivity contribution is 6.51. The summed E-state index contributed by atoms with van der Waals surface area (Å²) in [6.07, 6.45) is 7.68. The average molecular weight is 264 g/mol. The van der Waals surface area contributed by atoms with Gasteiger partial charge in [0.1, 0.15) is 0 Å². The third kappa shape index (κ3) is 4.12. The molecule has 0 spiro atoms. The molecule has 0 saturated heterocycles. The summed E-state index contributed by atoms with van der Waals surface area (Å²) < 4.78 is 6.41. The summed E-state index contributed by atoms with van der Waals surface area (Å²) in [4.78, 5) is 0. The predicted molar refractivity (Wildman–Crippen MR) is 79.8 cm³/mol. The van der Waals surface area contributed by atoms with Crippen molar-refractivity contribution in [3.05, 3.63) is 12.2 Å². The number of hydrogen-bond acceptors (Lipinski definition) is 1. The SMILES string of the molecule is CC(C)[CH2][Al]([CH2]C(C)C)[O]CC1CC2C=CC1C2. The second-order valence-corrected chi connectivity index (χ2v) is 9.77. The van der Waals surface area contributed by atoms with Crippen LogP contribution >= 0.6 is 0 Å². The van der Waals surface area contributed by atoms with Crippen molar-refractivity contribution < 1.29 is 3.79 Å². The molecule has 2 rings (SSSR count). The minimum Gasteiger partial charge on any atom is -0.500 e. The lowest BCUT2D eigenvalue weighted by atomic mass is 9.95. The van der Waals surface area contributed by atoms with Crippen LogP contribution in [0.4, 0.5) is 0 Å². The quantitative estimate of drug-likeness (QED) is 0.485. The Morgan fingerprint density at radius 2 is 1.72 bits per heavy atom. The molecule has 2 bridgehead atoms.